The molecule has 1 amide bonds. The SMILES string of the molecule is CC(O)[C@H]1C(=O)N2C(C(=O)OCc3ccc([N+](=O)[O-])cc3)=C(OP(=O)(Oc3ccccc3)Oc3ccccc3)[C@@H](C)[C@H]12. The number of para-hydroxylation sites is 2. The van der Waals surface area contributed by atoms with E-state index < -0.39 is 48.6 Å². The van der Waals surface area contributed by atoms with Crippen LogP contribution in [0.5, 0.6) is 11.5 Å². The number of aliphatic hydroxyl groups is 1. The van der Waals surface area contributed by atoms with E-state index in [-0.39, 0.29) is 35.2 Å². The second-order valence-electron chi connectivity index (χ2n) is 9.81. The highest BCUT2D eigenvalue weighted by Crippen LogP contribution is 2.57. The van der Waals surface area contributed by atoms with Crippen LogP contribution in [-0.2, 0) is 30.0 Å². The predicted molar refractivity (Wildman–Crippen MR) is 148 cm³/mol. The largest absolute Gasteiger partial charge is 0.646 e. The molecule has 0 radical (unpaired) electrons. The Morgan fingerprint density at radius 2 is 1.52 bits per heavy atom. The number of rotatable bonds is 11. The zero-order valence-corrected chi connectivity index (χ0v) is 23.5. The molecule has 13 heteroatoms. The topological polar surface area (TPSA) is 155 Å². The van der Waals surface area contributed by atoms with Crippen molar-refractivity contribution in [2.24, 2.45) is 11.8 Å². The van der Waals surface area contributed by atoms with Crippen LogP contribution in [0.2, 0.25) is 0 Å². The number of phosphoric ester groups is 1. The van der Waals surface area contributed by atoms with Crippen molar-refractivity contribution in [1.82, 2.24) is 4.90 Å². The number of fused-ring (bicyclic) bond motifs is 1. The molecule has 2 heterocycles. The van der Waals surface area contributed by atoms with Gasteiger partial charge in [-0.1, -0.05) is 43.3 Å². The van der Waals surface area contributed by atoms with Crippen LogP contribution in [0.1, 0.15) is 19.4 Å². The first-order valence-electron chi connectivity index (χ1n) is 13.0. The summed E-state index contributed by atoms with van der Waals surface area (Å²) in [4.78, 5) is 38.1. The molecular weight excluding hydrogens is 567 g/mol. The van der Waals surface area contributed by atoms with Gasteiger partial charge < -0.3 is 23.4 Å². The number of nitro benzene ring substituents is 1. The van der Waals surface area contributed by atoms with E-state index in [4.69, 9.17) is 18.3 Å². The summed E-state index contributed by atoms with van der Waals surface area (Å²) in [6, 6.07) is 21.1. The van der Waals surface area contributed by atoms with E-state index in [0.717, 1.165) is 0 Å². The van der Waals surface area contributed by atoms with Crippen LogP contribution in [0.25, 0.3) is 0 Å². The Hall–Kier alpha value is -4.67. The normalized spacial score (nSPS) is 20.3. The van der Waals surface area contributed by atoms with Gasteiger partial charge in [0.2, 0.25) is 5.91 Å². The molecule has 0 spiro atoms. The van der Waals surface area contributed by atoms with Crippen molar-refractivity contribution < 1.29 is 42.5 Å². The van der Waals surface area contributed by atoms with Crippen LogP contribution >= 0.6 is 7.82 Å². The van der Waals surface area contributed by atoms with E-state index in [2.05, 4.69) is 0 Å². The first-order chi connectivity index (χ1) is 20.1. The molecule has 2 aliphatic heterocycles. The third-order valence-corrected chi connectivity index (χ3v) is 8.24. The number of hydrogen-bond donors (Lipinski definition) is 1. The van der Waals surface area contributed by atoms with E-state index in [1.807, 2.05) is 0 Å². The number of aliphatic hydroxyl groups excluding tert-OH is 1. The van der Waals surface area contributed by atoms with Crippen LogP contribution in [-0.4, -0.2) is 39.0 Å². The summed E-state index contributed by atoms with van der Waals surface area (Å²) < 4.78 is 37.0. The van der Waals surface area contributed by atoms with Crippen LogP contribution in [0, 0.1) is 22.0 Å². The predicted octanol–water partition coefficient (Wildman–Crippen LogP) is 4.99. The number of carbonyl (C=O) groups excluding carboxylic acids is 2. The van der Waals surface area contributed by atoms with Gasteiger partial charge in [0.05, 0.1) is 23.0 Å². The summed E-state index contributed by atoms with van der Waals surface area (Å²) in [7, 11) is -4.54. The number of esters is 1. The molecular formula is C29H27N2O10P. The number of ether oxygens (including phenoxy) is 1. The number of carbonyl (C=O) groups is 2. The summed E-state index contributed by atoms with van der Waals surface area (Å²) in [6.45, 7) is 2.87. The summed E-state index contributed by atoms with van der Waals surface area (Å²) in [5, 5.41) is 21.2. The lowest BCUT2D eigenvalue weighted by atomic mass is 9.79. The van der Waals surface area contributed by atoms with E-state index in [1.165, 1.54) is 36.1 Å². The third-order valence-electron chi connectivity index (χ3n) is 6.95. The molecule has 1 N–H and O–H groups in total. The fourth-order valence-corrected chi connectivity index (χ4v) is 6.33. The van der Waals surface area contributed by atoms with Crippen molar-refractivity contribution in [3.8, 4) is 11.5 Å². The molecule has 218 valence electrons. The lowest BCUT2D eigenvalue weighted by Gasteiger charge is -2.46. The van der Waals surface area contributed by atoms with Crippen molar-refractivity contribution in [2.45, 2.75) is 32.6 Å². The minimum absolute atomic E-state index is 0.126. The van der Waals surface area contributed by atoms with Gasteiger partial charge in [0.25, 0.3) is 5.69 Å². The maximum Gasteiger partial charge on any atom is 0.646 e. The zero-order valence-electron chi connectivity index (χ0n) is 22.6. The third kappa shape index (κ3) is 5.72. The molecule has 1 fully saturated rings. The molecule has 42 heavy (non-hydrogen) atoms. The number of hydrogen-bond acceptors (Lipinski definition) is 10. The Morgan fingerprint density at radius 3 is 2.02 bits per heavy atom. The van der Waals surface area contributed by atoms with Gasteiger partial charge in [-0.25, -0.2) is 4.79 Å². The minimum atomic E-state index is -4.54. The van der Waals surface area contributed by atoms with Gasteiger partial charge in [0.15, 0.2) is 5.70 Å². The lowest BCUT2D eigenvalue weighted by Crippen LogP contribution is -2.63. The number of β-lactam (4-membered cyclic amide) rings is 1. The number of phosphoric acid groups is 1. The highest BCUT2D eigenvalue weighted by atomic mass is 31.2. The van der Waals surface area contributed by atoms with Gasteiger partial charge in [0, 0.05) is 18.1 Å². The zero-order chi connectivity index (χ0) is 30.0. The van der Waals surface area contributed by atoms with Crippen LogP contribution in [0.3, 0.4) is 0 Å². The number of nitro groups is 1. The van der Waals surface area contributed by atoms with Crippen LogP contribution < -0.4 is 9.05 Å². The van der Waals surface area contributed by atoms with Crippen molar-refractivity contribution in [2.75, 3.05) is 0 Å². The Morgan fingerprint density at radius 1 is 0.976 bits per heavy atom. The summed E-state index contributed by atoms with van der Waals surface area (Å²) in [6.07, 6.45) is -1.02. The van der Waals surface area contributed by atoms with Crippen molar-refractivity contribution in [3.05, 3.63) is 112 Å². The lowest BCUT2D eigenvalue weighted by molar-refractivity contribution is -0.384. The Labute approximate surface area is 240 Å². The van der Waals surface area contributed by atoms with Gasteiger partial charge in [-0.2, -0.15) is 4.57 Å². The smallest absolute Gasteiger partial charge is 0.456 e. The van der Waals surface area contributed by atoms with Crippen molar-refractivity contribution in [3.63, 3.8) is 0 Å². The van der Waals surface area contributed by atoms with Crippen LogP contribution in [0.4, 0.5) is 5.69 Å². The van der Waals surface area contributed by atoms with Crippen LogP contribution in [0.15, 0.2) is 96.4 Å². The first kappa shape index (κ1) is 28.8. The van der Waals surface area contributed by atoms with Gasteiger partial charge in [-0.05, 0) is 48.9 Å². The number of nitrogens with zero attached hydrogens (tertiary/aromatic N) is 2. The van der Waals surface area contributed by atoms with Crippen molar-refractivity contribution in [1.29, 1.82) is 0 Å². The number of amides is 1. The maximum absolute atomic E-state index is 14.2. The molecule has 5 rings (SSSR count). The monoisotopic (exact) mass is 594 g/mol. The van der Waals surface area contributed by atoms with Gasteiger partial charge >= 0.3 is 13.8 Å². The standard InChI is InChI=1S/C29H27N2O10P/c1-18-25-24(19(2)32)28(33)30(25)26(29(34)38-17-20-13-15-21(16-14-20)31(35)36)27(18)41-42(37,39-22-9-5-3-6-10-22)40-23-11-7-4-8-12-23/h3-16,18-19,24-25,32H,17H2,1-2H3/t18-,19?,24+,25+/m0/s1. The number of benzene rings is 3. The molecule has 1 unspecified atom stereocenters. The average Bonchev–Trinajstić information content (AvgIpc) is 3.20. The minimum Gasteiger partial charge on any atom is -0.456 e. The van der Waals surface area contributed by atoms with E-state index in [0.29, 0.717) is 5.56 Å². The molecule has 0 bridgehead atoms. The molecule has 4 atom stereocenters. The Balaban J connectivity index is 1.48. The molecule has 1 saturated heterocycles. The van der Waals surface area contributed by atoms with E-state index in [9.17, 15) is 29.4 Å². The molecule has 0 aliphatic carbocycles. The molecule has 12 nitrogen and oxygen atoms in total. The fraction of sp³-hybridized carbons (Fsp3) is 0.241. The molecule has 0 aromatic heterocycles. The fourth-order valence-electron chi connectivity index (χ4n) is 4.96. The first-order valence-corrected chi connectivity index (χ1v) is 14.5. The summed E-state index contributed by atoms with van der Waals surface area (Å²) in [5.74, 6) is -2.82. The Bertz CT molecular complexity index is 1510. The van der Waals surface area contributed by atoms with Gasteiger partial charge in [-0.3, -0.25) is 19.8 Å². The highest BCUT2D eigenvalue weighted by Gasteiger charge is 2.62. The number of non-ortho nitro benzene ring substituents is 1. The molecule has 0 saturated carbocycles. The Kier molecular flexibility index (Phi) is 8.02. The van der Waals surface area contributed by atoms with Crippen molar-refractivity contribution >= 4 is 25.4 Å². The van der Waals surface area contributed by atoms with E-state index >= 15 is 0 Å². The average molecular weight is 595 g/mol. The molecule has 3 aromatic carbocycles. The summed E-state index contributed by atoms with van der Waals surface area (Å²) >= 11 is 0. The summed E-state index contributed by atoms with van der Waals surface area (Å²) in [5.41, 5.74) is 0.0469. The molecule has 2 aliphatic rings. The van der Waals surface area contributed by atoms with Gasteiger partial charge in [0.1, 0.15) is 23.9 Å². The van der Waals surface area contributed by atoms with E-state index in [1.54, 1.807) is 67.6 Å². The second kappa shape index (κ2) is 11.7. The quantitative estimate of drug-likeness (QED) is 0.106. The highest BCUT2D eigenvalue weighted by molar-refractivity contribution is 7.49. The van der Waals surface area contributed by atoms with Gasteiger partial charge in [-0.15, -0.1) is 0 Å². The molecule has 3 aromatic rings. The second-order valence-corrected chi connectivity index (χ2v) is 11.3. The maximum atomic E-state index is 14.2.